The summed E-state index contributed by atoms with van der Waals surface area (Å²) in [6.45, 7) is 2.45. The Morgan fingerprint density at radius 2 is 2.00 bits per heavy atom. The van der Waals surface area contributed by atoms with Crippen LogP contribution in [0, 0.1) is 0 Å². The van der Waals surface area contributed by atoms with Crippen LogP contribution >= 0.6 is 34.8 Å². The number of benzene rings is 1. The van der Waals surface area contributed by atoms with Crippen molar-refractivity contribution in [2.75, 3.05) is 6.54 Å². The Hall–Kier alpha value is -0.000000000000000167. The molecule has 1 aliphatic heterocycles. The molecule has 0 aromatic heterocycles. The van der Waals surface area contributed by atoms with Crippen molar-refractivity contribution in [2.45, 2.75) is 43.0 Å². The number of nitrogens with zero attached hydrogens (tertiary/aromatic N) is 1. The average Bonchev–Trinajstić information content (AvgIpc) is 2.39. The Morgan fingerprint density at radius 3 is 2.60 bits per heavy atom. The van der Waals surface area contributed by atoms with Gasteiger partial charge in [-0.05, 0) is 31.9 Å². The number of sulfonamides is 1. The van der Waals surface area contributed by atoms with E-state index >= 15 is 0 Å². The SMILES string of the molecule is CC1CCCCN1S(=O)(=O)c1ccc(Cl)c(CCl)c1Cl. The first-order valence-electron chi connectivity index (χ1n) is 6.44. The summed E-state index contributed by atoms with van der Waals surface area (Å²) in [5.41, 5.74) is 0.459. The number of hydrogen-bond acceptors (Lipinski definition) is 2. The molecule has 1 atom stereocenters. The first kappa shape index (κ1) is 16.4. The molecule has 0 bridgehead atoms. The van der Waals surface area contributed by atoms with Crippen LogP contribution in [0.25, 0.3) is 0 Å². The molecule has 0 amide bonds. The molecule has 7 heteroatoms. The molecule has 1 unspecified atom stereocenters. The third kappa shape index (κ3) is 2.95. The van der Waals surface area contributed by atoms with Crippen molar-refractivity contribution in [1.82, 2.24) is 4.31 Å². The average molecular weight is 357 g/mol. The molecule has 0 saturated carbocycles. The van der Waals surface area contributed by atoms with Crippen LogP contribution in [-0.4, -0.2) is 25.3 Å². The van der Waals surface area contributed by atoms with E-state index in [9.17, 15) is 8.42 Å². The van der Waals surface area contributed by atoms with Gasteiger partial charge in [0.2, 0.25) is 10.0 Å². The van der Waals surface area contributed by atoms with Gasteiger partial charge in [-0.25, -0.2) is 8.42 Å². The number of alkyl halides is 1. The van der Waals surface area contributed by atoms with Crippen molar-refractivity contribution in [2.24, 2.45) is 0 Å². The Kier molecular flexibility index (Phi) is 5.24. The molecule has 20 heavy (non-hydrogen) atoms. The summed E-state index contributed by atoms with van der Waals surface area (Å²) in [6, 6.07) is 2.98. The summed E-state index contributed by atoms with van der Waals surface area (Å²) in [4.78, 5) is 0.0907. The van der Waals surface area contributed by atoms with Crippen LogP contribution in [0.3, 0.4) is 0 Å². The molecule has 0 spiro atoms. The van der Waals surface area contributed by atoms with Crippen LogP contribution < -0.4 is 0 Å². The molecule has 1 aliphatic rings. The van der Waals surface area contributed by atoms with Gasteiger partial charge in [0.25, 0.3) is 0 Å². The van der Waals surface area contributed by atoms with Crippen molar-refractivity contribution in [3.8, 4) is 0 Å². The van der Waals surface area contributed by atoms with Gasteiger partial charge in [0.15, 0.2) is 0 Å². The second-order valence-electron chi connectivity index (χ2n) is 4.93. The minimum absolute atomic E-state index is 0.0139. The fraction of sp³-hybridized carbons (Fsp3) is 0.538. The normalized spacial score (nSPS) is 21.1. The number of rotatable bonds is 3. The van der Waals surface area contributed by atoms with Crippen LogP contribution in [0.4, 0.5) is 0 Å². The van der Waals surface area contributed by atoms with Crippen molar-refractivity contribution >= 4 is 44.8 Å². The fourth-order valence-electron chi connectivity index (χ4n) is 2.45. The summed E-state index contributed by atoms with van der Waals surface area (Å²) in [5, 5.41) is 0.515. The maximum atomic E-state index is 12.8. The van der Waals surface area contributed by atoms with Crippen molar-refractivity contribution < 1.29 is 8.42 Å². The predicted molar refractivity (Wildman–Crippen MR) is 83.2 cm³/mol. The van der Waals surface area contributed by atoms with Crippen LogP contribution in [0.2, 0.25) is 10.0 Å². The van der Waals surface area contributed by atoms with E-state index in [0.29, 0.717) is 17.1 Å². The summed E-state index contributed by atoms with van der Waals surface area (Å²) < 4.78 is 27.0. The smallest absolute Gasteiger partial charge is 0.207 e. The lowest BCUT2D eigenvalue weighted by molar-refractivity contribution is 0.268. The van der Waals surface area contributed by atoms with Crippen LogP contribution in [0.1, 0.15) is 31.7 Å². The van der Waals surface area contributed by atoms with E-state index in [2.05, 4.69) is 0 Å². The Labute approximate surface area is 134 Å². The van der Waals surface area contributed by atoms with E-state index in [-0.39, 0.29) is 21.8 Å². The van der Waals surface area contributed by atoms with E-state index in [1.807, 2.05) is 6.92 Å². The second-order valence-corrected chi connectivity index (χ2v) is 7.84. The van der Waals surface area contributed by atoms with E-state index in [0.717, 1.165) is 19.3 Å². The molecule has 1 heterocycles. The molecule has 1 aromatic carbocycles. The first-order chi connectivity index (χ1) is 9.39. The monoisotopic (exact) mass is 355 g/mol. The number of halogens is 3. The van der Waals surface area contributed by atoms with Gasteiger partial charge in [-0.15, -0.1) is 11.6 Å². The van der Waals surface area contributed by atoms with Gasteiger partial charge in [-0.3, -0.25) is 0 Å². The molecular formula is C13H16Cl3NO2S. The van der Waals surface area contributed by atoms with Crippen molar-refractivity contribution in [1.29, 1.82) is 0 Å². The van der Waals surface area contributed by atoms with Gasteiger partial charge in [-0.1, -0.05) is 29.6 Å². The lowest BCUT2D eigenvalue weighted by Gasteiger charge is -2.32. The number of piperidine rings is 1. The van der Waals surface area contributed by atoms with E-state index in [4.69, 9.17) is 34.8 Å². The molecule has 0 aliphatic carbocycles. The fourth-order valence-corrected chi connectivity index (χ4v) is 5.46. The van der Waals surface area contributed by atoms with Crippen molar-refractivity contribution in [3.05, 3.63) is 27.7 Å². The molecule has 1 fully saturated rings. The quantitative estimate of drug-likeness (QED) is 0.757. The van der Waals surface area contributed by atoms with Crippen LogP contribution in [0.15, 0.2) is 17.0 Å². The van der Waals surface area contributed by atoms with Gasteiger partial charge in [-0.2, -0.15) is 4.31 Å². The van der Waals surface area contributed by atoms with Gasteiger partial charge in [0, 0.05) is 23.2 Å². The van der Waals surface area contributed by atoms with Crippen LogP contribution in [0.5, 0.6) is 0 Å². The second kappa shape index (κ2) is 6.41. The maximum absolute atomic E-state index is 12.8. The van der Waals surface area contributed by atoms with Gasteiger partial charge in [0.05, 0.1) is 10.9 Å². The highest BCUT2D eigenvalue weighted by Crippen LogP contribution is 2.35. The maximum Gasteiger partial charge on any atom is 0.244 e. The molecule has 2 rings (SSSR count). The minimum Gasteiger partial charge on any atom is -0.207 e. The Morgan fingerprint density at radius 1 is 1.30 bits per heavy atom. The predicted octanol–water partition coefficient (Wildman–Crippen LogP) is 4.30. The van der Waals surface area contributed by atoms with Gasteiger partial charge in [0.1, 0.15) is 4.90 Å². The third-order valence-electron chi connectivity index (χ3n) is 3.61. The summed E-state index contributed by atoms with van der Waals surface area (Å²) in [6.07, 6.45) is 2.79. The minimum atomic E-state index is -3.61. The molecule has 0 radical (unpaired) electrons. The highest BCUT2D eigenvalue weighted by atomic mass is 35.5. The Bertz CT molecular complexity index is 604. The van der Waals surface area contributed by atoms with E-state index in [1.54, 1.807) is 0 Å². The highest BCUT2D eigenvalue weighted by Gasteiger charge is 2.33. The zero-order valence-electron chi connectivity index (χ0n) is 11.1. The van der Waals surface area contributed by atoms with E-state index in [1.165, 1.54) is 16.4 Å². The van der Waals surface area contributed by atoms with E-state index < -0.39 is 10.0 Å². The van der Waals surface area contributed by atoms with Crippen LogP contribution in [-0.2, 0) is 15.9 Å². The largest absolute Gasteiger partial charge is 0.244 e. The standard InChI is InChI=1S/C13H16Cl3NO2S/c1-9-4-2-3-7-17(9)20(18,19)12-6-5-11(15)10(8-14)13(12)16/h5-6,9H,2-4,7-8H2,1H3. The zero-order chi connectivity index (χ0) is 14.9. The molecular weight excluding hydrogens is 341 g/mol. The molecule has 112 valence electrons. The third-order valence-corrected chi connectivity index (χ3v) is 6.83. The Balaban J connectivity index is 2.49. The number of hydrogen-bond donors (Lipinski definition) is 0. The first-order valence-corrected chi connectivity index (χ1v) is 9.17. The molecule has 0 N–H and O–H groups in total. The van der Waals surface area contributed by atoms with Crippen molar-refractivity contribution in [3.63, 3.8) is 0 Å². The topological polar surface area (TPSA) is 37.4 Å². The summed E-state index contributed by atoms with van der Waals surface area (Å²) in [5.74, 6) is 0.0799. The highest BCUT2D eigenvalue weighted by molar-refractivity contribution is 7.89. The zero-order valence-corrected chi connectivity index (χ0v) is 14.2. The summed E-state index contributed by atoms with van der Waals surface area (Å²) >= 11 is 18.0. The lowest BCUT2D eigenvalue weighted by Crippen LogP contribution is -2.42. The summed E-state index contributed by atoms with van der Waals surface area (Å²) in [7, 11) is -3.61. The van der Waals surface area contributed by atoms with Gasteiger partial charge < -0.3 is 0 Å². The molecule has 1 aromatic rings. The van der Waals surface area contributed by atoms with Gasteiger partial charge >= 0.3 is 0 Å². The molecule has 3 nitrogen and oxygen atoms in total. The molecule has 1 saturated heterocycles. The lowest BCUT2D eigenvalue weighted by atomic mass is 10.1.